The predicted molar refractivity (Wildman–Crippen MR) is 62.8 cm³/mol. The third kappa shape index (κ3) is 2.13. The van der Waals surface area contributed by atoms with E-state index >= 15 is 0 Å². The third-order valence-corrected chi connectivity index (χ3v) is 3.53. The van der Waals surface area contributed by atoms with E-state index in [0.29, 0.717) is 5.28 Å². The molecule has 0 aromatic carbocycles. The van der Waals surface area contributed by atoms with Gasteiger partial charge in [-0.3, -0.25) is 0 Å². The lowest BCUT2D eigenvalue weighted by atomic mass is 10.3. The van der Waals surface area contributed by atoms with Crippen molar-refractivity contribution in [1.82, 2.24) is 9.97 Å². The van der Waals surface area contributed by atoms with Crippen LogP contribution in [-0.2, 0) is 0 Å². The molecule has 14 heavy (non-hydrogen) atoms. The molecule has 0 N–H and O–H groups in total. The van der Waals surface area contributed by atoms with Crippen LogP contribution in [0.4, 0.5) is 0 Å². The summed E-state index contributed by atoms with van der Waals surface area (Å²) in [5.41, 5.74) is 1.75. The van der Waals surface area contributed by atoms with Crippen molar-refractivity contribution >= 4 is 38.9 Å². The summed E-state index contributed by atoms with van der Waals surface area (Å²) in [5, 5.41) is 2.31. The zero-order valence-electron chi connectivity index (χ0n) is 7.29. The summed E-state index contributed by atoms with van der Waals surface area (Å²) >= 11 is 10.8. The van der Waals surface area contributed by atoms with E-state index in [2.05, 4.69) is 25.9 Å². The molecule has 2 aromatic heterocycles. The second kappa shape index (κ2) is 3.96. The van der Waals surface area contributed by atoms with Crippen LogP contribution < -0.4 is 0 Å². The number of hydrogen-bond donors (Lipinski definition) is 0. The van der Waals surface area contributed by atoms with Gasteiger partial charge in [-0.25, -0.2) is 9.97 Å². The molecule has 0 aliphatic heterocycles. The highest BCUT2D eigenvalue weighted by Crippen LogP contribution is 2.29. The van der Waals surface area contributed by atoms with Gasteiger partial charge >= 0.3 is 0 Å². The quantitative estimate of drug-likeness (QED) is 0.743. The number of nitrogens with zero attached hydrogens (tertiary/aromatic N) is 2. The van der Waals surface area contributed by atoms with E-state index < -0.39 is 0 Å². The van der Waals surface area contributed by atoms with Crippen LogP contribution in [0.15, 0.2) is 22.0 Å². The zero-order chi connectivity index (χ0) is 10.1. The first-order chi connectivity index (χ1) is 6.65. The van der Waals surface area contributed by atoms with Gasteiger partial charge < -0.3 is 0 Å². The van der Waals surface area contributed by atoms with Crippen molar-refractivity contribution in [2.24, 2.45) is 0 Å². The van der Waals surface area contributed by atoms with E-state index in [4.69, 9.17) is 11.6 Å². The van der Waals surface area contributed by atoms with Crippen molar-refractivity contribution in [1.29, 1.82) is 0 Å². The molecule has 0 amide bonds. The summed E-state index contributed by atoms with van der Waals surface area (Å²) in [5.74, 6) is 0. The molecule has 2 rings (SSSR count). The molecule has 2 heterocycles. The maximum Gasteiger partial charge on any atom is 0.223 e. The van der Waals surface area contributed by atoms with Gasteiger partial charge in [-0.05, 0) is 46.6 Å². The predicted octanol–water partition coefficient (Wildman–Crippen LogP) is 3.93. The third-order valence-electron chi connectivity index (χ3n) is 1.65. The van der Waals surface area contributed by atoms with Gasteiger partial charge in [-0.15, -0.1) is 11.3 Å². The summed E-state index contributed by atoms with van der Waals surface area (Å²) in [6.07, 6.45) is 0. The number of aromatic nitrogens is 2. The topological polar surface area (TPSA) is 25.8 Å². The molecular weight excluding hydrogens is 284 g/mol. The molecule has 0 unspecified atom stereocenters. The first-order valence-corrected chi connectivity index (χ1v) is 5.96. The average molecular weight is 290 g/mol. The highest BCUT2D eigenvalue weighted by Gasteiger charge is 2.05. The van der Waals surface area contributed by atoms with Gasteiger partial charge in [0.1, 0.15) is 0 Å². The van der Waals surface area contributed by atoms with Crippen molar-refractivity contribution in [3.63, 3.8) is 0 Å². The van der Waals surface area contributed by atoms with Gasteiger partial charge in [0.05, 0.1) is 10.6 Å². The highest BCUT2D eigenvalue weighted by molar-refractivity contribution is 9.10. The van der Waals surface area contributed by atoms with Crippen molar-refractivity contribution in [3.8, 4) is 10.6 Å². The molecule has 72 valence electrons. The molecule has 0 fully saturated rings. The van der Waals surface area contributed by atoms with Crippen molar-refractivity contribution in [2.45, 2.75) is 6.92 Å². The molecule has 0 atom stereocenters. The normalized spacial score (nSPS) is 10.5. The van der Waals surface area contributed by atoms with Crippen molar-refractivity contribution in [3.05, 3.63) is 33.0 Å². The Balaban J connectivity index is 2.51. The maximum atomic E-state index is 5.78. The highest BCUT2D eigenvalue weighted by atomic mass is 79.9. The van der Waals surface area contributed by atoms with Gasteiger partial charge in [0.15, 0.2) is 0 Å². The summed E-state index contributed by atoms with van der Waals surface area (Å²) in [6.45, 7) is 1.90. The van der Waals surface area contributed by atoms with E-state index in [1.165, 1.54) is 0 Å². The van der Waals surface area contributed by atoms with Crippen LogP contribution in [0.3, 0.4) is 0 Å². The van der Waals surface area contributed by atoms with Gasteiger partial charge in [0.25, 0.3) is 0 Å². The van der Waals surface area contributed by atoms with Crippen LogP contribution in [0.2, 0.25) is 5.28 Å². The first-order valence-electron chi connectivity index (χ1n) is 3.91. The van der Waals surface area contributed by atoms with Crippen molar-refractivity contribution in [2.75, 3.05) is 0 Å². The zero-order valence-corrected chi connectivity index (χ0v) is 10.4. The first kappa shape index (κ1) is 10.1. The van der Waals surface area contributed by atoms with Crippen LogP contribution >= 0.6 is 38.9 Å². The number of rotatable bonds is 1. The summed E-state index contributed by atoms with van der Waals surface area (Å²) in [7, 11) is 0. The molecule has 2 nitrogen and oxygen atoms in total. The average Bonchev–Trinajstić information content (AvgIpc) is 2.50. The molecule has 0 bridgehead atoms. The molecular formula is C9H6BrClN2S. The Labute approximate surface area is 99.1 Å². The van der Waals surface area contributed by atoms with Gasteiger partial charge in [0, 0.05) is 15.5 Å². The van der Waals surface area contributed by atoms with Crippen molar-refractivity contribution < 1.29 is 0 Å². The molecule has 0 saturated carbocycles. The van der Waals surface area contributed by atoms with Gasteiger partial charge in [0.2, 0.25) is 5.28 Å². The molecule has 2 aromatic rings. The Morgan fingerprint density at radius 1 is 1.36 bits per heavy atom. The van der Waals surface area contributed by atoms with Crippen LogP contribution in [0.25, 0.3) is 10.6 Å². The number of aryl methyl sites for hydroxylation is 1. The fourth-order valence-corrected chi connectivity index (χ4v) is 2.72. The molecule has 0 radical (unpaired) electrons. The van der Waals surface area contributed by atoms with E-state index in [1.54, 1.807) is 11.3 Å². The molecule has 5 heteroatoms. The van der Waals surface area contributed by atoms with E-state index in [9.17, 15) is 0 Å². The van der Waals surface area contributed by atoms with E-state index in [-0.39, 0.29) is 0 Å². The van der Waals surface area contributed by atoms with Gasteiger partial charge in [-0.2, -0.15) is 0 Å². The van der Waals surface area contributed by atoms with E-state index in [0.717, 1.165) is 20.7 Å². The number of halogens is 2. The number of hydrogen-bond acceptors (Lipinski definition) is 3. The van der Waals surface area contributed by atoms with Crippen LogP contribution in [0, 0.1) is 6.92 Å². The Morgan fingerprint density at radius 3 is 2.71 bits per heavy atom. The Morgan fingerprint density at radius 2 is 2.14 bits per heavy atom. The molecule has 0 aliphatic rings. The maximum absolute atomic E-state index is 5.78. The smallest absolute Gasteiger partial charge is 0.223 e. The minimum absolute atomic E-state index is 0.296. The Bertz CT molecular complexity index is 449. The summed E-state index contributed by atoms with van der Waals surface area (Å²) in [6, 6.07) is 3.94. The van der Waals surface area contributed by atoms with Gasteiger partial charge in [-0.1, -0.05) is 0 Å². The lowest BCUT2D eigenvalue weighted by molar-refractivity contribution is 1.11. The lowest BCUT2D eigenvalue weighted by Gasteiger charge is -1.98. The fraction of sp³-hybridized carbons (Fsp3) is 0.111. The monoisotopic (exact) mass is 288 g/mol. The molecule has 0 aliphatic carbocycles. The largest absolute Gasteiger partial charge is 0.223 e. The lowest BCUT2D eigenvalue weighted by Crippen LogP contribution is -1.88. The standard InChI is InChI=1S/C9H6BrClN2S/c1-5-2-7(13-9(11)12-5)8-3-6(10)4-14-8/h2-4H,1H3. The summed E-state index contributed by atoms with van der Waals surface area (Å²) in [4.78, 5) is 9.26. The Hall–Kier alpha value is -0.450. The number of thiophene rings is 1. The molecule has 0 spiro atoms. The minimum atomic E-state index is 0.296. The second-order valence-corrected chi connectivity index (χ2v) is 4.96. The SMILES string of the molecule is Cc1cc(-c2cc(Br)cs2)nc(Cl)n1. The van der Waals surface area contributed by atoms with E-state index in [1.807, 2.05) is 24.4 Å². The Kier molecular flexibility index (Phi) is 2.85. The van der Waals surface area contributed by atoms with Crippen LogP contribution in [0.1, 0.15) is 5.69 Å². The molecule has 0 saturated heterocycles. The minimum Gasteiger partial charge on any atom is -0.223 e. The second-order valence-electron chi connectivity index (χ2n) is 2.79. The summed E-state index contributed by atoms with van der Waals surface area (Å²) < 4.78 is 1.06. The fourth-order valence-electron chi connectivity index (χ4n) is 1.11. The van der Waals surface area contributed by atoms with Crippen LogP contribution in [-0.4, -0.2) is 9.97 Å². The van der Waals surface area contributed by atoms with Crippen LogP contribution in [0.5, 0.6) is 0 Å².